The molecule has 1 aromatic heterocycles. The van der Waals surface area contributed by atoms with E-state index in [-0.39, 0.29) is 11.3 Å². The number of hydrogen-bond donors (Lipinski definition) is 2. The van der Waals surface area contributed by atoms with Crippen molar-refractivity contribution in [1.82, 2.24) is 4.72 Å². The van der Waals surface area contributed by atoms with Crippen molar-refractivity contribution in [3.8, 4) is 11.3 Å². The number of benzene rings is 1. The molecule has 1 heterocycles. The topological polar surface area (TPSA) is 71.3 Å². The molecule has 1 aliphatic rings. The molecule has 0 aliphatic heterocycles. The van der Waals surface area contributed by atoms with Crippen LogP contribution in [0.25, 0.3) is 11.3 Å². The highest BCUT2D eigenvalue weighted by atomic mass is 32.2. The van der Waals surface area contributed by atoms with Crippen LogP contribution in [0.5, 0.6) is 0 Å². The molecule has 0 amide bonds. The first-order valence-corrected chi connectivity index (χ1v) is 11.7. The highest BCUT2D eigenvalue weighted by molar-refractivity contribution is 7.90. The number of anilines is 1. The number of furan rings is 1. The molecule has 0 spiro atoms. The predicted octanol–water partition coefficient (Wildman–Crippen LogP) is 4.86. The normalized spacial score (nSPS) is 20.5. The first-order valence-electron chi connectivity index (χ1n) is 10.2. The van der Waals surface area contributed by atoms with Crippen molar-refractivity contribution < 1.29 is 12.8 Å². The summed E-state index contributed by atoms with van der Waals surface area (Å²) in [6, 6.07) is 8.22. The lowest BCUT2D eigenvalue weighted by atomic mass is 9.86. The third-order valence-electron chi connectivity index (χ3n) is 5.95. The standard InChI is InChI=1S/C22H32N2O3S/c1-15(2)28(25,26)24-19-9-7-18(8-10-19)14-23-21-12-11-20(16(3)17(21)4)22-6-5-13-27-22/h5-6,11-13,15,18-19,23-24H,7-10,14H2,1-4H3. The van der Waals surface area contributed by atoms with E-state index >= 15 is 0 Å². The Kier molecular flexibility index (Phi) is 6.50. The molecule has 5 nitrogen and oxygen atoms in total. The van der Waals surface area contributed by atoms with Crippen molar-refractivity contribution in [2.45, 2.75) is 64.7 Å². The molecular formula is C22H32N2O3S. The Hall–Kier alpha value is -1.79. The minimum absolute atomic E-state index is 0.0835. The van der Waals surface area contributed by atoms with Gasteiger partial charge in [-0.1, -0.05) is 0 Å². The van der Waals surface area contributed by atoms with Gasteiger partial charge in [-0.3, -0.25) is 0 Å². The summed E-state index contributed by atoms with van der Waals surface area (Å²) in [6.45, 7) is 8.63. The van der Waals surface area contributed by atoms with Gasteiger partial charge >= 0.3 is 0 Å². The summed E-state index contributed by atoms with van der Waals surface area (Å²) in [7, 11) is -3.18. The quantitative estimate of drug-likeness (QED) is 0.691. The summed E-state index contributed by atoms with van der Waals surface area (Å²) in [5.41, 5.74) is 4.76. The molecule has 1 aromatic carbocycles. The largest absolute Gasteiger partial charge is 0.464 e. The fourth-order valence-electron chi connectivity index (χ4n) is 3.82. The fraction of sp³-hybridized carbons (Fsp3) is 0.545. The molecular weight excluding hydrogens is 372 g/mol. The number of nitrogens with one attached hydrogen (secondary N) is 2. The van der Waals surface area contributed by atoms with Gasteiger partial charge in [-0.25, -0.2) is 13.1 Å². The molecule has 3 rings (SSSR count). The van der Waals surface area contributed by atoms with Crippen LogP contribution in [0.2, 0.25) is 0 Å². The predicted molar refractivity (Wildman–Crippen MR) is 115 cm³/mol. The van der Waals surface area contributed by atoms with Crippen LogP contribution in [0.3, 0.4) is 0 Å². The molecule has 6 heteroatoms. The zero-order valence-electron chi connectivity index (χ0n) is 17.3. The zero-order valence-corrected chi connectivity index (χ0v) is 18.1. The van der Waals surface area contributed by atoms with Gasteiger partial charge < -0.3 is 9.73 Å². The average molecular weight is 405 g/mol. The minimum Gasteiger partial charge on any atom is -0.464 e. The second-order valence-electron chi connectivity index (χ2n) is 8.20. The molecule has 0 radical (unpaired) electrons. The van der Waals surface area contributed by atoms with E-state index in [1.807, 2.05) is 12.1 Å². The van der Waals surface area contributed by atoms with E-state index in [0.717, 1.165) is 49.2 Å². The van der Waals surface area contributed by atoms with Crippen LogP contribution >= 0.6 is 0 Å². The second-order valence-corrected chi connectivity index (χ2v) is 10.5. The average Bonchev–Trinajstić information content (AvgIpc) is 3.18. The number of rotatable bonds is 7. The molecule has 2 aromatic rings. The van der Waals surface area contributed by atoms with Crippen molar-refractivity contribution in [3.63, 3.8) is 0 Å². The number of sulfonamides is 1. The Balaban J connectivity index is 1.54. The van der Waals surface area contributed by atoms with Crippen LogP contribution < -0.4 is 10.0 Å². The summed E-state index contributed by atoms with van der Waals surface area (Å²) in [6.07, 6.45) is 5.61. The highest BCUT2D eigenvalue weighted by Gasteiger charge is 2.26. The van der Waals surface area contributed by atoms with Crippen LogP contribution in [-0.2, 0) is 10.0 Å². The molecule has 2 N–H and O–H groups in total. The van der Waals surface area contributed by atoms with Crippen LogP contribution in [0.1, 0.15) is 50.7 Å². The summed E-state index contributed by atoms with van der Waals surface area (Å²) in [5, 5.41) is 3.24. The first-order chi connectivity index (χ1) is 13.3. The van der Waals surface area contributed by atoms with Crippen molar-refractivity contribution in [3.05, 3.63) is 41.7 Å². The minimum atomic E-state index is -3.18. The maximum absolute atomic E-state index is 12.0. The molecule has 0 unspecified atom stereocenters. The van der Waals surface area contributed by atoms with E-state index in [2.05, 4.69) is 36.0 Å². The van der Waals surface area contributed by atoms with E-state index < -0.39 is 10.0 Å². The molecule has 0 bridgehead atoms. The van der Waals surface area contributed by atoms with E-state index in [0.29, 0.717) is 5.92 Å². The molecule has 1 fully saturated rings. The maximum atomic E-state index is 12.0. The van der Waals surface area contributed by atoms with Crippen LogP contribution in [-0.4, -0.2) is 26.3 Å². The lowest BCUT2D eigenvalue weighted by Crippen LogP contribution is -2.41. The van der Waals surface area contributed by atoms with Crippen LogP contribution in [0.15, 0.2) is 34.9 Å². The molecule has 0 atom stereocenters. The number of hydrogen-bond acceptors (Lipinski definition) is 4. The van der Waals surface area contributed by atoms with Crippen LogP contribution in [0, 0.1) is 19.8 Å². The van der Waals surface area contributed by atoms with Gasteiger partial charge in [-0.2, -0.15) is 0 Å². The maximum Gasteiger partial charge on any atom is 0.214 e. The lowest BCUT2D eigenvalue weighted by molar-refractivity contribution is 0.323. The Morgan fingerprint density at radius 1 is 1.07 bits per heavy atom. The molecule has 154 valence electrons. The van der Waals surface area contributed by atoms with Crippen molar-refractivity contribution in [2.24, 2.45) is 5.92 Å². The van der Waals surface area contributed by atoms with E-state index in [1.54, 1.807) is 20.1 Å². The Morgan fingerprint density at radius 2 is 1.79 bits per heavy atom. The Bertz CT molecular complexity index is 881. The fourth-order valence-corrected chi connectivity index (χ4v) is 4.79. The summed E-state index contributed by atoms with van der Waals surface area (Å²) in [5.74, 6) is 1.47. The van der Waals surface area contributed by atoms with Crippen LogP contribution in [0.4, 0.5) is 5.69 Å². The van der Waals surface area contributed by atoms with Gasteiger partial charge in [0.1, 0.15) is 5.76 Å². The zero-order chi connectivity index (χ0) is 20.3. The third-order valence-corrected chi connectivity index (χ3v) is 7.86. The Labute approximate surface area is 169 Å². The van der Waals surface area contributed by atoms with E-state index in [9.17, 15) is 8.42 Å². The lowest BCUT2D eigenvalue weighted by Gasteiger charge is -2.30. The van der Waals surface area contributed by atoms with Gasteiger partial charge in [0.25, 0.3) is 0 Å². The van der Waals surface area contributed by atoms with Crippen molar-refractivity contribution in [1.29, 1.82) is 0 Å². The molecule has 28 heavy (non-hydrogen) atoms. The molecule has 1 aliphatic carbocycles. The summed E-state index contributed by atoms with van der Waals surface area (Å²) in [4.78, 5) is 0. The van der Waals surface area contributed by atoms with Gasteiger partial charge in [0, 0.05) is 23.8 Å². The second kappa shape index (κ2) is 8.70. The smallest absolute Gasteiger partial charge is 0.214 e. The monoisotopic (exact) mass is 404 g/mol. The van der Waals surface area contributed by atoms with Crippen molar-refractivity contribution >= 4 is 15.7 Å². The van der Waals surface area contributed by atoms with Gasteiger partial charge in [-0.05, 0) is 94.7 Å². The van der Waals surface area contributed by atoms with Crippen molar-refractivity contribution in [2.75, 3.05) is 11.9 Å². The Morgan fingerprint density at radius 3 is 2.39 bits per heavy atom. The molecule has 0 saturated heterocycles. The third kappa shape index (κ3) is 4.78. The van der Waals surface area contributed by atoms with Gasteiger partial charge in [0.2, 0.25) is 10.0 Å². The van der Waals surface area contributed by atoms with E-state index in [4.69, 9.17) is 4.42 Å². The first kappa shape index (κ1) is 20.9. The van der Waals surface area contributed by atoms with Gasteiger partial charge in [0.15, 0.2) is 0 Å². The van der Waals surface area contributed by atoms with Gasteiger partial charge in [0.05, 0.1) is 11.5 Å². The van der Waals surface area contributed by atoms with E-state index in [1.165, 1.54) is 11.1 Å². The molecule has 1 saturated carbocycles. The summed E-state index contributed by atoms with van der Waals surface area (Å²) >= 11 is 0. The summed E-state index contributed by atoms with van der Waals surface area (Å²) < 4.78 is 32.5. The SMILES string of the molecule is Cc1c(NCC2CCC(NS(=O)(=O)C(C)C)CC2)ccc(-c2ccco2)c1C. The highest BCUT2D eigenvalue weighted by Crippen LogP contribution is 2.31. The van der Waals surface area contributed by atoms with Gasteiger partial charge in [-0.15, -0.1) is 0 Å².